The third kappa shape index (κ3) is 6.64. The molecule has 1 aromatic heterocycles. The number of fused-ring (bicyclic) bond motifs is 2. The number of carbonyl (C=O) groups excluding carboxylic acids is 2. The number of halogens is 2. The van der Waals surface area contributed by atoms with E-state index in [0.29, 0.717) is 53.5 Å². The maximum absolute atomic E-state index is 13.7. The predicted molar refractivity (Wildman–Crippen MR) is 158 cm³/mol. The first-order valence-corrected chi connectivity index (χ1v) is 14.6. The summed E-state index contributed by atoms with van der Waals surface area (Å²) in [6.45, 7) is 3.74. The van der Waals surface area contributed by atoms with Crippen LogP contribution < -0.4 is 15.4 Å². The van der Waals surface area contributed by atoms with Crippen LogP contribution in [0.5, 0.6) is 5.75 Å². The highest BCUT2D eigenvalue weighted by molar-refractivity contribution is 6.31. The molecule has 1 amide bonds. The van der Waals surface area contributed by atoms with Gasteiger partial charge in [0.25, 0.3) is 0 Å². The van der Waals surface area contributed by atoms with Crippen molar-refractivity contribution in [3.05, 3.63) is 59.7 Å². The van der Waals surface area contributed by atoms with Crippen molar-refractivity contribution in [2.75, 3.05) is 50.0 Å². The monoisotopic (exact) mass is 594 g/mol. The van der Waals surface area contributed by atoms with Crippen molar-refractivity contribution in [3.8, 4) is 5.75 Å². The molecule has 0 radical (unpaired) electrons. The summed E-state index contributed by atoms with van der Waals surface area (Å²) < 4.78 is 25.2. The number of hydrogen-bond acceptors (Lipinski definition) is 9. The predicted octanol–water partition coefficient (Wildman–Crippen LogP) is 4.53. The number of rotatable bonds is 8. The SMILES string of the molecule is O=C(C=CCN1CCN2CC(=O)OCC2C1)Nc1cc2c(Nc3ccc(F)c(Cl)c3)ncnc2cc1OC1CCCC1. The van der Waals surface area contributed by atoms with E-state index in [1.807, 2.05) is 12.1 Å². The Morgan fingerprint density at radius 2 is 2.05 bits per heavy atom. The third-order valence-corrected chi connectivity index (χ3v) is 8.15. The Bertz CT molecular complexity index is 1510. The Kier molecular flexibility index (Phi) is 8.50. The van der Waals surface area contributed by atoms with Crippen LogP contribution in [-0.4, -0.2) is 83.1 Å². The van der Waals surface area contributed by atoms with Gasteiger partial charge in [0.1, 0.15) is 30.3 Å². The standard InChI is InChI=1S/C30H32ClFN6O4/c31-23-12-19(7-8-24(23)32)35-30-22-13-26(27(14-25(22)33-18-34-30)42-21-4-1-2-5-21)36-28(39)6-3-9-37-10-11-38-16-29(40)41-17-20(38)15-37/h3,6-8,12-14,18,20-21H,1-2,4-5,9-11,15-17H2,(H,36,39)(H,33,34,35). The van der Waals surface area contributed by atoms with E-state index in [2.05, 4.69) is 30.4 Å². The molecular weight excluding hydrogens is 563 g/mol. The van der Waals surface area contributed by atoms with E-state index in [1.54, 1.807) is 12.1 Å². The van der Waals surface area contributed by atoms with Crippen LogP contribution in [0.1, 0.15) is 25.7 Å². The zero-order valence-corrected chi connectivity index (χ0v) is 23.8. The molecule has 3 aliphatic rings. The van der Waals surface area contributed by atoms with Gasteiger partial charge in [-0.2, -0.15) is 0 Å². The lowest BCUT2D eigenvalue weighted by Crippen LogP contribution is -2.59. The van der Waals surface area contributed by atoms with Gasteiger partial charge in [-0.15, -0.1) is 0 Å². The zero-order valence-electron chi connectivity index (χ0n) is 23.0. The summed E-state index contributed by atoms with van der Waals surface area (Å²) in [6, 6.07) is 8.12. The average Bonchev–Trinajstić information content (AvgIpc) is 3.49. The normalized spacial score (nSPS) is 20.0. The van der Waals surface area contributed by atoms with E-state index in [-0.39, 0.29) is 29.0 Å². The minimum atomic E-state index is -0.511. The fourth-order valence-corrected chi connectivity index (χ4v) is 5.83. The topological polar surface area (TPSA) is 109 Å². The Morgan fingerprint density at radius 1 is 1.19 bits per heavy atom. The Labute approximate surface area is 247 Å². The number of aromatic nitrogens is 2. The van der Waals surface area contributed by atoms with Gasteiger partial charge in [0, 0.05) is 49.4 Å². The molecule has 2 aromatic carbocycles. The van der Waals surface area contributed by atoms with Crippen molar-refractivity contribution in [2.24, 2.45) is 0 Å². The summed E-state index contributed by atoms with van der Waals surface area (Å²) in [4.78, 5) is 37.8. The number of ether oxygens (including phenoxy) is 2. The number of carbonyl (C=O) groups is 2. The number of esters is 1. The number of anilines is 3. The summed E-state index contributed by atoms with van der Waals surface area (Å²) in [6.07, 6.45) is 9.01. The molecule has 2 aliphatic heterocycles. The van der Waals surface area contributed by atoms with Crippen molar-refractivity contribution < 1.29 is 23.5 Å². The highest BCUT2D eigenvalue weighted by atomic mass is 35.5. The number of amides is 1. The number of morpholine rings is 1. The molecule has 2 N–H and O–H groups in total. The van der Waals surface area contributed by atoms with E-state index in [0.717, 1.165) is 45.3 Å². The van der Waals surface area contributed by atoms with Crippen LogP contribution in [-0.2, 0) is 14.3 Å². The second-order valence-corrected chi connectivity index (χ2v) is 11.2. The van der Waals surface area contributed by atoms with E-state index < -0.39 is 5.82 Å². The van der Waals surface area contributed by atoms with Crippen molar-refractivity contribution in [2.45, 2.75) is 37.8 Å². The molecule has 10 nitrogen and oxygen atoms in total. The van der Waals surface area contributed by atoms with Gasteiger partial charge >= 0.3 is 5.97 Å². The summed E-state index contributed by atoms with van der Waals surface area (Å²) in [5, 5.41) is 6.81. The minimum absolute atomic E-state index is 0.00518. The molecule has 1 saturated carbocycles. The minimum Gasteiger partial charge on any atom is -0.488 e. The van der Waals surface area contributed by atoms with Gasteiger partial charge in [-0.1, -0.05) is 17.7 Å². The van der Waals surface area contributed by atoms with E-state index in [1.165, 1.54) is 24.5 Å². The number of nitrogens with one attached hydrogen (secondary N) is 2. The molecule has 0 bridgehead atoms. The van der Waals surface area contributed by atoms with Gasteiger partial charge in [0.15, 0.2) is 0 Å². The molecule has 3 fully saturated rings. The molecule has 0 spiro atoms. The first-order chi connectivity index (χ1) is 20.4. The molecule has 3 aromatic rings. The summed E-state index contributed by atoms with van der Waals surface area (Å²) in [5.74, 6) is 0.0635. The Morgan fingerprint density at radius 3 is 2.88 bits per heavy atom. The first kappa shape index (κ1) is 28.3. The molecule has 1 atom stereocenters. The lowest BCUT2D eigenvalue weighted by Gasteiger charge is -2.42. The van der Waals surface area contributed by atoms with E-state index >= 15 is 0 Å². The quantitative estimate of drug-likeness (QED) is 0.287. The van der Waals surface area contributed by atoms with Crippen LogP contribution in [0.25, 0.3) is 10.9 Å². The molecule has 3 heterocycles. The van der Waals surface area contributed by atoms with Crippen molar-refractivity contribution in [1.82, 2.24) is 19.8 Å². The van der Waals surface area contributed by atoms with Gasteiger partial charge in [-0.25, -0.2) is 14.4 Å². The lowest BCUT2D eigenvalue weighted by molar-refractivity contribution is -0.157. The van der Waals surface area contributed by atoms with Gasteiger partial charge in [0.2, 0.25) is 5.91 Å². The molecule has 220 valence electrons. The van der Waals surface area contributed by atoms with Crippen LogP contribution in [0.4, 0.5) is 21.6 Å². The molecule has 6 rings (SSSR count). The van der Waals surface area contributed by atoms with Gasteiger partial charge in [-0.3, -0.25) is 19.4 Å². The average molecular weight is 595 g/mol. The molecule has 1 unspecified atom stereocenters. The molecule has 12 heteroatoms. The fraction of sp³-hybridized carbons (Fsp3) is 0.400. The van der Waals surface area contributed by atoms with Crippen LogP contribution in [0.15, 0.2) is 48.8 Å². The maximum Gasteiger partial charge on any atom is 0.320 e. The van der Waals surface area contributed by atoms with Crippen LogP contribution in [0.2, 0.25) is 5.02 Å². The number of cyclic esters (lactones) is 1. The smallest absolute Gasteiger partial charge is 0.320 e. The summed E-state index contributed by atoms with van der Waals surface area (Å²) in [5.41, 5.74) is 1.71. The van der Waals surface area contributed by atoms with Crippen LogP contribution in [0.3, 0.4) is 0 Å². The number of nitrogens with zero attached hydrogens (tertiary/aromatic N) is 4. The Hall–Kier alpha value is -3.80. The van der Waals surface area contributed by atoms with Gasteiger partial charge in [-0.05, 0) is 49.9 Å². The number of benzene rings is 2. The molecule has 1 aliphatic carbocycles. The summed E-state index contributed by atoms with van der Waals surface area (Å²) >= 11 is 5.97. The van der Waals surface area contributed by atoms with E-state index in [4.69, 9.17) is 21.1 Å². The van der Waals surface area contributed by atoms with E-state index in [9.17, 15) is 14.0 Å². The Balaban J connectivity index is 1.19. The van der Waals surface area contributed by atoms with Gasteiger partial charge in [0.05, 0.1) is 34.9 Å². The largest absolute Gasteiger partial charge is 0.488 e. The highest BCUT2D eigenvalue weighted by Gasteiger charge is 2.32. The molecule has 2 saturated heterocycles. The lowest BCUT2D eigenvalue weighted by atomic mass is 10.1. The van der Waals surface area contributed by atoms with Crippen molar-refractivity contribution in [1.29, 1.82) is 0 Å². The van der Waals surface area contributed by atoms with Crippen LogP contribution >= 0.6 is 11.6 Å². The third-order valence-electron chi connectivity index (χ3n) is 7.86. The van der Waals surface area contributed by atoms with Crippen LogP contribution in [0, 0.1) is 5.82 Å². The highest BCUT2D eigenvalue weighted by Crippen LogP contribution is 2.36. The van der Waals surface area contributed by atoms with Crippen molar-refractivity contribution in [3.63, 3.8) is 0 Å². The number of hydrogen-bond donors (Lipinski definition) is 2. The maximum atomic E-state index is 13.7. The first-order valence-electron chi connectivity index (χ1n) is 14.2. The summed E-state index contributed by atoms with van der Waals surface area (Å²) in [7, 11) is 0. The molecular formula is C30H32ClFN6O4. The van der Waals surface area contributed by atoms with Crippen molar-refractivity contribution >= 4 is 51.6 Å². The second kappa shape index (κ2) is 12.6. The fourth-order valence-electron chi connectivity index (χ4n) is 5.65. The van der Waals surface area contributed by atoms with Gasteiger partial charge < -0.3 is 20.1 Å². The second-order valence-electron chi connectivity index (χ2n) is 10.8. The zero-order chi connectivity index (χ0) is 29.1. The molecule has 42 heavy (non-hydrogen) atoms. The number of piperazine rings is 1.